The Morgan fingerprint density at radius 3 is 2.29 bits per heavy atom. The van der Waals surface area contributed by atoms with Gasteiger partial charge in [-0.2, -0.15) is 13.2 Å². The van der Waals surface area contributed by atoms with Crippen molar-refractivity contribution in [2.75, 3.05) is 0 Å². The fraction of sp³-hybridized carbons (Fsp3) is 1.00. The molecule has 0 aromatic carbocycles. The van der Waals surface area contributed by atoms with Crippen LogP contribution in [0.25, 0.3) is 0 Å². The molecule has 0 nitrogen and oxygen atoms in total. The van der Waals surface area contributed by atoms with Crippen molar-refractivity contribution in [2.45, 2.75) is 98.6 Å². The summed E-state index contributed by atoms with van der Waals surface area (Å²) in [5.41, 5.74) is 0.341. The molecule has 4 aliphatic rings. The van der Waals surface area contributed by atoms with Crippen molar-refractivity contribution in [3.05, 3.63) is 0 Å². The molecule has 0 aromatic rings. The van der Waals surface area contributed by atoms with Crippen molar-refractivity contribution < 1.29 is 13.2 Å². The van der Waals surface area contributed by atoms with Gasteiger partial charge in [-0.05, 0) is 96.7 Å². The molecule has 162 valence electrons. The number of rotatable bonds is 5. The van der Waals surface area contributed by atoms with Gasteiger partial charge in [-0.25, -0.2) is 0 Å². The van der Waals surface area contributed by atoms with E-state index >= 15 is 0 Å². The van der Waals surface area contributed by atoms with E-state index in [-0.39, 0.29) is 11.3 Å². The predicted octanol–water partition coefficient (Wildman–Crippen LogP) is 8.12. The van der Waals surface area contributed by atoms with Crippen molar-refractivity contribution >= 4 is 0 Å². The average Bonchev–Trinajstić information content (AvgIpc) is 3.14. The van der Waals surface area contributed by atoms with Gasteiger partial charge in [0.25, 0.3) is 0 Å². The molecule has 4 rings (SSSR count). The Hall–Kier alpha value is -0.210. The van der Waals surface area contributed by atoms with Crippen LogP contribution in [-0.2, 0) is 0 Å². The normalized spacial score (nSPS) is 52.7. The first-order valence-corrected chi connectivity index (χ1v) is 12.1. The van der Waals surface area contributed by atoms with Crippen molar-refractivity contribution in [1.82, 2.24) is 0 Å². The molecule has 9 unspecified atom stereocenters. The zero-order valence-electron chi connectivity index (χ0n) is 18.6. The third-order valence-electron chi connectivity index (χ3n) is 10.5. The van der Waals surface area contributed by atoms with E-state index in [1.807, 2.05) is 0 Å². The van der Waals surface area contributed by atoms with Gasteiger partial charge in [0, 0.05) is 6.42 Å². The number of hydrogen-bond donors (Lipinski definition) is 0. The molecule has 4 fully saturated rings. The first-order chi connectivity index (χ1) is 13.1. The van der Waals surface area contributed by atoms with Gasteiger partial charge in [0.15, 0.2) is 0 Å². The second-order valence-electron chi connectivity index (χ2n) is 11.6. The minimum absolute atomic E-state index is 0.120. The first kappa shape index (κ1) is 21.0. The average molecular weight is 399 g/mol. The summed E-state index contributed by atoms with van der Waals surface area (Å²) in [6.45, 7) is 11.8. The van der Waals surface area contributed by atoms with Gasteiger partial charge >= 0.3 is 6.18 Å². The molecule has 0 bridgehead atoms. The van der Waals surface area contributed by atoms with Crippen LogP contribution in [-0.4, -0.2) is 6.18 Å². The molecule has 0 spiro atoms. The van der Waals surface area contributed by atoms with E-state index in [1.54, 1.807) is 0 Å². The third-order valence-corrected chi connectivity index (χ3v) is 10.5. The van der Waals surface area contributed by atoms with Gasteiger partial charge in [-0.15, -0.1) is 0 Å². The maximum absolute atomic E-state index is 13.4. The fourth-order valence-electron chi connectivity index (χ4n) is 9.51. The van der Waals surface area contributed by atoms with Gasteiger partial charge in [0.2, 0.25) is 0 Å². The molecule has 0 amide bonds. The molecule has 28 heavy (non-hydrogen) atoms. The highest BCUT2D eigenvalue weighted by atomic mass is 19.4. The fourth-order valence-corrected chi connectivity index (χ4v) is 9.51. The molecule has 0 aromatic heterocycles. The molecular formula is C25H41F3. The predicted molar refractivity (Wildman–Crippen MR) is 109 cm³/mol. The Bertz CT molecular complexity index is 583. The van der Waals surface area contributed by atoms with Crippen molar-refractivity contribution in [2.24, 2.45) is 58.2 Å². The molecule has 10 atom stereocenters. The standard InChI is InChI=1S/C25H41F3/c1-6-8-19-20-15(3)21(20)22-17-10-9-16(14-25(26,27)28)23(4,12-7-2)18(17)11-13-24(19,22)5/h15-22H,6-14H2,1-5H3/t15-,16?,17?,18?,19?,20?,21?,22?,23?,24?/m1/s1. The highest BCUT2D eigenvalue weighted by Gasteiger charge is 2.72. The zero-order valence-corrected chi connectivity index (χ0v) is 18.6. The molecule has 0 heterocycles. The minimum atomic E-state index is -4.02. The van der Waals surface area contributed by atoms with Crippen LogP contribution in [0.5, 0.6) is 0 Å². The van der Waals surface area contributed by atoms with E-state index in [4.69, 9.17) is 0 Å². The Labute approximate surface area is 170 Å². The topological polar surface area (TPSA) is 0 Å². The Balaban J connectivity index is 1.64. The largest absolute Gasteiger partial charge is 0.389 e. The van der Waals surface area contributed by atoms with E-state index in [0.29, 0.717) is 17.3 Å². The van der Waals surface area contributed by atoms with Crippen molar-refractivity contribution in [3.8, 4) is 0 Å². The van der Waals surface area contributed by atoms with E-state index in [9.17, 15) is 13.2 Å². The van der Waals surface area contributed by atoms with Gasteiger partial charge in [-0.3, -0.25) is 0 Å². The SMILES string of the molecule is CCCC1C2C(C3C4CCC(CC(F)(F)F)C(C)(CCC)C4CCC13C)[C@@H]2C. The summed E-state index contributed by atoms with van der Waals surface area (Å²) in [5, 5.41) is 0. The molecule has 4 saturated carbocycles. The summed E-state index contributed by atoms with van der Waals surface area (Å²) in [5.74, 6) is 5.33. The Morgan fingerprint density at radius 2 is 1.68 bits per heavy atom. The molecule has 4 aliphatic carbocycles. The van der Waals surface area contributed by atoms with E-state index in [0.717, 1.165) is 55.3 Å². The lowest BCUT2D eigenvalue weighted by Gasteiger charge is -2.60. The smallest absolute Gasteiger partial charge is 0.171 e. The quantitative estimate of drug-likeness (QED) is 0.438. The number of fused-ring (bicyclic) bond motifs is 5. The number of alkyl halides is 3. The lowest BCUT2D eigenvalue weighted by Crippen LogP contribution is -2.53. The van der Waals surface area contributed by atoms with Gasteiger partial charge in [0.05, 0.1) is 0 Å². The molecular weight excluding hydrogens is 357 g/mol. The molecule has 0 radical (unpaired) electrons. The van der Waals surface area contributed by atoms with Gasteiger partial charge in [-0.1, -0.05) is 47.5 Å². The summed E-state index contributed by atoms with van der Waals surface area (Å²) in [7, 11) is 0. The van der Waals surface area contributed by atoms with Gasteiger partial charge < -0.3 is 0 Å². The summed E-state index contributed by atoms with van der Waals surface area (Å²) < 4.78 is 40.1. The Kier molecular flexibility index (Phi) is 5.19. The first-order valence-electron chi connectivity index (χ1n) is 12.1. The van der Waals surface area contributed by atoms with Crippen LogP contribution >= 0.6 is 0 Å². The maximum Gasteiger partial charge on any atom is 0.389 e. The highest BCUT2D eigenvalue weighted by molar-refractivity contribution is 5.20. The minimum Gasteiger partial charge on any atom is -0.171 e. The van der Waals surface area contributed by atoms with E-state index < -0.39 is 12.6 Å². The summed E-state index contributed by atoms with van der Waals surface area (Å²) in [4.78, 5) is 0. The summed E-state index contributed by atoms with van der Waals surface area (Å²) in [6.07, 6.45) is 4.33. The van der Waals surface area contributed by atoms with Crippen LogP contribution in [0.1, 0.15) is 92.4 Å². The lowest BCUT2D eigenvalue weighted by molar-refractivity contribution is -0.179. The highest BCUT2D eigenvalue weighted by Crippen LogP contribution is 2.78. The molecule has 0 saturated heterocycles. The number of hydrogen-bond acceptors (Lipinski definition) is 0. The molecule has 0 N–H and O–H groups in total. The third kappa shape index (κ3) is 2.99. The Morgan fingerprint density at radius 1 is 0.964 bits per heavy atom. The number of halogens is 3. The van der Waals surface area contributed by atoms with Crippen LogP contribution < -0.4 is 0 Å². The molecule has 3 heteroatoms. The van der Waals surface area contributed by atoms with E-state index in [1.165, 1.54) is 25.7 Å². The zero-order chi connectivity index (χ0) is 20.5. The lowest BCUT2D eigenvalue weighted by atomic mass is 9.44. The van der Waals surface area contributed by atoms with Crippen LogP contribution in [0.15, 0.2) is 0 Å². The monoisotopic (exact) mass is 398 g/mol. The van der Waals surface area contributed by atoms with Crippen LogP contribution in [0.4, 0.5) is 13.2 Å². The summed E-state index contributed by atoms with van der Waals surface area (Å²) in [6, 6.07) is 0. The van der Waals surface area contributed by atoms with Crippen molar-refractivity contribution in [3.63, 3.8) is 0 Å². The maximum atomic E-state index is 13.4. The van der Waals surface area contributed by atoms with Crippen LogP contribution in [0.2, 0.25) is 0 Å². The van der Waals surface area contributed by atoms with Gasteiger partial charge in [0.1, 0.15) is 0 Å². The second kappa shape index (κ2) is 6.91. The van der Waals surface area contributed by atoms with Crippen LogP contribution in [0.3, 0.4) is 0 Å². The summed E-state index contributed by atoms with van der Waals surface area (Å²) >= 11 is 0. The second-order valence-corrected chi connectivity index (χ2v) is 11.6. The van der Waals surface area contributed by atoms with E-state index in [2.05, 4.69) is 34.6 Å². The van der Waals surface area contributed by atoms with Crippen molar-refractivity contribution in [1.29, 1.82) is 0 Å². The molecule has 0 aliphatic heterocycles. The van der Waals surface area contributed by atoms with Crippen LogP contribution in [0, 0.1) is 58.2 Å².